The lowest BCUT2D eigenvalue weighted by Gasteiger charge is -2.31. The molecule has 1 amide bonds. The van der Waals surface area contributed by atoms with Gasteiger partial charge in [-0.05, 0) is 45.4 Å². The van der Waals surface area contributed by atoms with E-state index in [0.717, 1.165) is 31.9 Å². The number of anilines is 2. The Morgan fingerprint density at radius 1 is 1.25 bits per heavy atom. The van der Waals surface area contributed by atoms with Crippen LogP contribution in [0.2, 0.25) is 0 Å². The molecule has 0 bridgehead atoms. The third kappa shape index (κ3) is 4.61. The van der Waals surface area contributed by atoms with Gasteiger partial charge in [-0.15, -0.1) is 0 Å². The van der Waals surface area contributed by atoms with E-state index in [1.807, 2.05) is 0 Å². The number of hydrogen-bond acceptors (Lipinski definition) is 5. The highest BCUT2D eigenvalue weighted by atomic mass is 16.6. The quantitative estimate of drug-likeness (QED) is 0.786. The molecule has 24 heavy (non-hydrogen) atoms. The van der Waals surface area contributed by atoms with Crippen LogP contribution in [-0.2, 0) is 4.74 Å². The van der Waals surface area contributed by atoms with E-state index in [1.165, 1.54) is 6.07 Å². The number of rotatable bonds is 3. The molecule has 3 N–H and O–H groups in total. The van der Waals surface area contributed by atoms with Gasteiger partial charge in [-0.3, -0.25) is 5.32 Å². The van der Waals surface area contributed by atoms with Gasteiger partial charge in [0.1, 0.15) is 5.60 Å². The molecule has 1 heterocycles. The summed E-state index contributed by atoms with van der Waals surface area (Å²) in [4.78, 5) is 25.6. The second-order valence-corrected chi connectivity index (χ2v) is 6.84. The normalized spacial score (nSPS) is 15.1. The smallest absolute Gasteiger partial charge is 0.412 e. The number of carbonyl (C=O) groups is 2. The van der Waals surface area contributed by atoms with Crippen molar-refractivity contribution < 1.29 is 19.4 Å². The standard InChI is InChI=1S/C17H25N3O4/c1-11-13(15(21)22)9-12(19-16(23)24-17(2,3)4)10-14(11)20-7-5-18-6-8-20/h9-10,18H,5-8H2,1-4H3,(H,19,23)(H,21,22). The van der Waals surface area contributed by atoms with E-state index < -0.39 is 17.7 Å². The molecule has 0 aromatic heterocycles. The molecule has 1 aliphatic heterocycles. The van der Waals surface area contributed by atoms with Gasteiger partial charge in [0.2, 0.25) is 0 Å². The van der Waals surface area contributed by atoms with E-state index >= 15 is 0 Å². The number of nitrogens with zero attached hydrogens (tertiary/aromatic N) is 1. The number of amides is 1. The molecule has 1 fully saturated rings. The maximum absolute atomic E-state index is 12.0. The van der Waals surface area contributed by atoms with Crippen molar-refractivity contribution in [2.75, 3.05) is 36.4 Å². The Bertz CT molecular complexity index is 631. The SMILES string of the molecule is Cc1c(C(=O)O)cc(NC(=O)OC(C)(C)C)cc1N1CCNCC1. The number of aromatic carboxylic acids is 1. The zero-order chi connectivity index (χ0) is 17.9. The van der Waals surface area contributed by atoms with Crippen LogP contribution in [-0.4, -0.2) is 48.9 Å². The number of piperazine rings is 1. The van der Waals surface area contributed by atoms with Crippen molar-refractivity contribution in [1.29, 1.82) is 0 Å². The first-order valence-electron chi connectivity index (χ1n) is 8.01. The lowest BCUT2D eigenvalue weighted by atomic mass is 10.0. The maximum Gasteiger partial charge on any atom is 0.412 e. The lowest BCUT2D eigenvalue weighted by Crippen LogP contribution is -2.44. The number of benzene rings is 1. The molecule has 0 radical (unpaired) electrons. The second-order valence-electron chi connectivity index (χ2n) is 6.84. The number of nitrogens with one attached hydrogen (secondary N) is 2. The predicted molar refractivity (Wildman–Crippen MR) is 93.1 cm³/mol. The molecule has 7 heteroatoms. The summed E-state index contributed by atoms with van der Waals surface area (Å²) < 4.78 is 5.24. The summed E-state index contributed by atoms with van der Waals surface area (Å²) in [5.41, 5.74) is 1.49. The molecule has 0 spiro atoms. The van der Waals surface area contributed by atoms with Crippen molar-refractivity contribution in [3.63, 3.8) is 0 Å². The Morgan fingerprint density at radius 3 is 2.42 bits per heavy atom. The molecule has 0 atom stereocenters. The minimum Gasteiger partial charge on any atom is -0.478 e. The molecule has 0 saturated carbocycles. The van der Waals surface area contributed by atoms with E-state index in [9.17, 15) is 14.7 Å². The van der Waals surface area contributed by atoms with E-state index in [0.29, 0.717) is 11.3 Å². The topological polar surface area (TPSA) is 90.9 Å². The van der Waals surface area contributed by atoms with Crippen molar-refractivity contribution in [2.24, 2.45) is 0 Å². The van der Waals surface area contributed by atoms with Crippen LogP contribution in [0, 0.1) is 6.92 Å². The number of carboxylic acids is 1. The zero-order valence-corrected chi connectivity index (χ0v) is 14.6. The maximum atomic E-state index is 12.0. The summed E-state index contributed by atoms with van der Waals surface area (Å²) in [6.07, 6.45) is -0.603. The van der Waals surface area contributed by atoms with E-state index in [1.54, 1.807) is 33.8 Å². The van der Waals surface area contributed by atoms with Crippen molar-refractivity contribution in [1.82, 2.24) is 5.32 Å². The van der Waals surface area contributed by atoms with Gasteiger partial charge in [0, 0.05) is 37.6 Å². The van der Waals surface area contributed by atoms with Crippen LogP contribution in [0.25, 0.3) is 0 Å². The van der Waals surface area contributed by atoms with Gasteiger partial charge >= 0.3 is 12.1 Å². The van der Waals surface area contributed by atoms with E-state index in [-0.39, 0.29) is 5.56 Å². The highest BCUT2D eigenvalue weighted by molar-refractivity contribution is 5.95. The average molecular weight is 335 g/mol. The third-order valence-corrected chi connectivity index (χ3v) is 3.71. The Balaban J connectivity index is 2.32. The van der Waals surface area contributed by atoms with Gasteiger partial charge in [-0.25, -0.2) is 9.59 Å². The largest absolute Gasteiger partial charge is 0.478 e. The Labute approximate surface area is 142 Å². The van der Waals surface area contributed by atoms with Crippen LogP contribution in [0.1, 0.15) is 36.7 Å². The Hall–Kier alpha value is -2.28. The van der Waals surface area contributed by atoms with Gasteiger partial charge in [0.05, 0.1) is 5.56 Å². The summed E-state index contributed by atoms with van der Waals surface area (Å²) in [5, 5.41) is 15.4. The van der Waals surface area contributed by atoms with Crippen molar-refractivity contribution in [2.45, 2.75) is 33.3 Å². The van der Waals surface area contributed by atoms with Crippen LogP contribution in [0.3, 0.4) is 0 Å². The molecule has 0 unspecified atom stereocenters. The molecule has 132 valence electrons. The number of hydrogen-bond donors (Lipinski definition) is 3. The fraction of sp³-hybridized carbons (Fsp3) is 0.529. The van der Waals surface area contributed by atoms with Crippen LogP contribution in [0.15, 0.2) is 12.1 Å². The number of carbonyl (C=O) groups excluding carboxylic acids is 1. The molecule has 1 aromatic rings. The molecular formula is C17H25N3O4. The summed E-state index contributed by atoms with van der Waals surface area (Å²) in [7, 11) is 0. The van der Waals surface area contributed by atoms with Gasteiger partial charge in [-0.1, -0.05) is 0 Å². The van der Waals surface area contributed by atoms with Crippen LogP contribution >= 0.6 is 0 Å². The van der Waals surface area contributed by atoms with E-state index in [2.05, 4.69) is 15.5 Å². The number of ether oxygens (including phenoxy) is 1. The van der Waals surface area contributed by atoms with Crippen LogP contribution in [0.5, 0.6) is 0 Å². The van der Waals surface area contributed by atoms with Crippen LogP contribution < -0.4 is 15.5 Å². The molecular weight excluding hydrogens is 310 g/mol. The Morgan fingerprint density at radius 2 is 1.88 bits per heavy atom. The number of carboxylic acid groups (broad SMARTS) is 1. The molecule has 1 aromatic carbocycles. The van der Waals surface area contributed by atoms with E-state index in [4.69, 9.17) is 4.74 Å². The predicted octanol–water partition coefficient (Wildman–Crippen LogP) is 2.45. The molecule has 1 aliphatic rings. The molecule has 7 nitrogen and oxygen atoms in total. The highest BCUT2D eigenvalue weighted by Crippen LogP contribution is 2.29. The first-order valence-corrected chi connectivity index (χ1v) is 8.01. The zero-order valence-electron chi connectivity index (χ0n) is 14.6. The van der Waals surface area contributed by atoms with Crippen molar-refractivity contribution >= 4 is 23.4 Å². The van der Waals surface area contributed by atoms with Gasteiger partial charge < -0.3 is 20.1 Å². The highest BCUT2D eigenvalue weighted by Gasteiger charge is 2.21. The van der Waals surface area contributed by atoms with Crippen molar-refractivity contribution in [3.8, 4) is 0 Å². The first-order chi connectivity index (χ1) is 11.2. The van der Waals surface area contributed by atoms with Gasteiger partial charge in [0.25, 0.3) is 0 Å². The summed E-state index contributed by atoms with van der Waals surface area (Å²) in [6, 6.07) is 3.27. The Kier molecular flexibility index (Phi) is 5.33. The summed E-state index contributed by atoms with van der Waals surface area (Å²) in [6.45, 7) is 10.4. The minimum atomic E-state index is -1.02. The first kappa shape index (κ1) is 18.1. The fourth-order valence-corrected chi connectivity index (χ4v) is 2.65. The molecule has 0 aliphatic carbocycles. The average Bonchev–Trinajstić information content (AvgIpc) is 2.47. The fourth-order valence-electron chi connectivity index (χ4n) is 2.65. The molecule has 1 saturated heterocycles. The third-order valence-electron chi connectivity index (χ3n) is 3.71. The summed E-state index contributed by atoms with van der Waals surface area (Å²) >= 11 is 0. The molecule has 2 rings (SSSR count). The van der Waals surface area contributed by atoms with Gasteiger partial charge in [0.15, 0.2) is 0 Å². The van der Waals surface area contributed by atoms with Crippen molar-refractivity contribution in [3.05, 3.63) is 23.3 Å². The monoisotopic (exact) mass is 335 g/mol. The second kappa shape index (κ2) is 7.09. The minimum absolute atomic E-state index is 0.178. The van der Waals surface area contributed by atoms with Crippen LogP contribution in [0.4, 0.5) is 16.2 Å². The lowest BCUT2D eigenvalue weighted by molar-refractivity contribution is 0.0632. The summed E-state index contributed by atoms with van der Waals surface area (Å²) in [5.74, 6) is -1.02. The van der Waals surface area contributed by atoms with Gasteiger partial charge in [-0.2, -0.15) is 0 Å².